The second kappa shape index (κ2) is 10.1. The molecule has 2 heterocycles. The third-order valence-corrected chi connectivity index (χ3v) is 6.44. The molecule has 2 amide bonds. The Hall–Kier alpha value is -2.61. The molecule has 31 heavy (non-hydrogen) atoms. The number of hydrogen-bond donors (Lipinski definition) is 1. The number of rotatable bonds is 6. The van der Waals surface area contributed by atoms with Gasteiger partial charge in [-0.2, -0.15) is 0 Å². The van der Waals surface area contributed by atoms with Gasteiger partial charge in [0.1, 0.15) is 6.54 Å². The van der Waals surface area contributed by atoms with Crippen molar-refractivity contribution in [1.29, 1.82) is 0 Å². The number of nitrogens with one attached hydrogen (secondary N) is 1. The third kappa shape index (κ3) is 5.55. The third-order valence-electron chi connectivity index (χ3n) is 5.36. The van der Waals surface area contributed by atoms with E-state index in [4.69, 9.17) is 4.74 Å². The number of carbonyl (C=O) groups is 2. The van der Waals surface area contributed by atoms with E-state index in [2.05, 4.69) is 10.2 Å². The first-order chi connectivity index (χ1) is 15.1. The van der Waals surface area contributed by atoms with Gasteiger partial charge in [-0.3, -0.25) is 19.4 Å². The summed E-state index contributed by atoms with van der Waals surface area (Å²) in [7, 11) is 0. The fraction of sp³-hybridized carbons (Fsp3) is 0.333. The van der Waals surface area contributed by atoms with Gasteiger partial charge in [0, 0.05) is 31.1 Å². The van der Waals surface area contributed by atoms with Gasteiger partial charge < -0.3 is 10.1 Å². The Morgan fingerprint density at radius 2 is 1.87 bits per heavy atom. The molecule has 6 nitrogen and oxygen atoms in total. The molecule has 0 saturated carbocycles. The summed E-state index contributed by atoms with van der Waals surface area (Å²) in [6, 6.07) is 15.8. The summed E-state index contributed by atoms with van der Waals surface area (Å²) < 4.78 is 5.35. The maximum atomic E-state index is 13.3. The zero-order valence-electron chi connectivity index (χ0n) is 17.7. The Morgan fingerprint density at radius 1 is 1.13 bits per heavy atom. The Labute approximate surface area is 187 Å². The Morgan fingerprint density at radius 3 is 2.65 bits per heavy atom. The van der Waals surface area contributed by atoms with E-state index in [1.54, 1.807) is 4.90 Å². The molecule has 1 fully saturated rings. The molecular weight excluding hydrogens is 410 g/mol. The van der Waals surface area contributed by atoms with Gasteiger partial charge in [0.15, 0.2) is 0 Å². The lowest BCUT2D eigenvalue weighted by atomic mass is 10.1. The maximum absolute atomic E-state index is 13.3. The molecule has 7 heteroatoms. The van der Waals surface area contributed by atoms with Crippen molar-refractivity contribution in [2.24, 2.45) is 0 Å². The first kappa shape index (κ1) is 21.6. The van der Waals surface area contributed by atoms with Gasteiger partial charge in [-0.1, -0.05) is 53.7 Å². The van der Waals surface area contributed by atoms with Gasteiger partial charge in [-0.05, 0) is 30.7 Å². The van der Waals surface area contributed by atoms with Crippen molar-refractivity contribution in [3.63, 3.8) is 0 Å². The van der Waals surface area contributed by atoms with Gasteiger partial charge in [-0.15, -0.1) is 0 Å². The molecule has 0 aliphatic carbocycles. The fourth-order valence-corrected chi connectivity index (χ4v) is 4.67. The zero-order chi connectivity index (χ0) is 21.6. The van der Waals surface area contributed by atoms with Crippen LogP contribution in [0.5, 0.6) is 0 Å². The van der Waals surface area contributed by atoms with E-state index in [0.29, 0.717) is 11.4 Å². The summed E-state index contributed by atoms with van der Waals surface area (Å²) in [5, 5.41) is 2.96. The van der Waals surface area contributed by atoms with Crippen molar-refractivity contribution in [2.75, 3.05) is 50.8 Å². The van der Waals surface area contributed by atoms with Crippen molar-refractivity contribution in [3.8, 4) is 0 Å². The fourth-order valence-electron chi connectivity index (χ4n) is 3.61. The van der Waals surface area contributed by atoms with Crippen LogP contribution in [0.25, 0.3) is 6.08 Å². The van der Waals surface area contributed by atoms with Crippen LogP contribution in [-0.2, 0) is 14.3 Å². The van der Waals surface area contributed by atoms with E-state index in [0.717, 1.165) is 49.0 Å². The number of morpholine rings is 1. The van der Waals surface area contributed by atoms with Crippen LogP contribution in [0.1, 0.15) is 11.1 Å². The van der Waals surface area contributed by atoms with Crippen LogP contribution >= 0.6 is 11.8 Å². The van der Waals surface area contributed by atoms with Crippen molar-refractivity contribution < 1.29 is 14.3 Å². The molecule has 1 N–H and O–H groups in total. The average Bonchev–Trinajstić information content (AvgIpc) is 2.79. The second-order valence-corrected chi connectivity index (χ2v) is 8.77. The van der Waals surface area contributed by atoms with Crippen molar-refractivity contribution >= 4 is 35.3 Å². The molecule has 0 unspecified atom stereocenters. The van der Waals surface area contributed by atoms with Crippen LogP contribution < -0.4 is 10.2 Å². The molecule has 1 saturated heterocycles. The predicted molar refractivity (Wildman–Crippen MR) is 124 cm³/mol. The van der Waals surface area contributed by atoms with Gasteiger partial charge in [-0.25, -0.2) is 0 Å². The van der Waals surface area contributed by atoms with E-state index in [9.17, 15) is 9.59 Å². The quantitative estimate of drug-likeness (QED) is 0.704. The lowest BCUT2D eigenvalue weighted by molar-refractivity contribution is -0.122. The SMILES string of the molecule is Cc1ccc(/C=C2/Sc3ccccc3N(CC(=O)NCCN3CCOCC3)C2=O)cc1. The van der Waals surface area contributed by atoms with Crippen LogP contribution in [0.4, 0.5) is 5.69 Å². The molecular formula is C24H27N3O3S. The molecule has 0 atom stereocenters. The summed E-state index contributed by atoms with van der Waals surface area (Å²) in [5.74, 6) is -0.300. The number of ether oxygens (including phenoxy) is 1. The number of amides is 2. The number of carbonyl (C=O) groups excluding carboxylic acids is 2. The van der Waals surface area contributed by atoms with Gasteiger partial charge >= 0.3 is 0 Å². The Balaban J connectivity index is 1.45. The number of fused-ring (bicyclic) bond motifs is 1. The van der Waals surface area contributed by atoms with Crippen LogP contribution in [0.15, 0.2) is 58.3 Å². The van der Waals surface area contributed by atoms with Gasteiger partial charge in [0.25, 0.3) is 5.91 Å². The number of thioether (sulfide) groups is 1. The van der Waals surface area contributed by atoms with Crippen LogP contribution in [0, 0.1) is 6.92 Å². The standard InChI is InChI=1S/C24H27N3O3S/c1-18-6-8-19(9-7-18)16-22-24(29)27(20-4-2-3-5-21(20)31-22)17-23(28)25-10-11-26-12-14-30-15-13-26/h2-9,16H,10-15,17H2,1H3,(H,25,28)/b22-16+. The summed E-state index contributed by atoms with van der Waals surface area (Å²) in [4.78, 5) is 31.3. The molecule has 2 aliphatic heterocycles. The van der Waals surface area contributed by atoms with E-state index < -0.39 is 0 Å². The summed E-state index contributed by atoms with van der Waals surface area (Å²) >= 11 is 1.45. The summed E-state index contributed by atoms with van der Waals surface area (Å²) in [6.07, 6.45) is 1.89. The van der Waals surface area contributed by atoms with Crippen molar-refractivity contribution in [1.82, 2.24) is 10.2 Å². The van der Waals surface area contributed by atoms with E-state index in [-0.39, 0.29) is 18.4 Å². The lowest BCUT2D eigenvalue weighted by Gasteiger charge is -2.30. The molecule has 0 radical (unpaired) electrons. The molecule has 0 aromatic heterocycles. The number of para-hydroxylation sites is 1. The number of aryl methyl sites for hydroxylation is 1. The van der Waals surface area contributed by atoms with E-state index in [1.165, 1.54) is 17.3 Å². The van der Waals surface area contributed by atoms with Crippen LogP contribution in [0.2, 0.25) is 0 Å². The largest absolute Gasteiger partial charge is 0.379 e. The number of anilines is 1. The van der Waals surface area contributed by atoms with Crippen molar-refractivity contribution in [3.05, 3.63) is 64.6 Å². The highest BCUT2D eigenvalue weighted by Crippen LogP contribution is 2.41. The topological polar surface area (TPSA) is 61.9 Å². The second-order valence-electron chi connectivity index (χ2n) is 7.68. The minimum Gasteiger partial charge on any atom is -0.379 e. The monoisotopic (exact) mass is 437 g/mol. The molecule has 2 aliphatic rings. The van der Waals surface area contributed by atoms with Gasteiger partial charge in [0.2, 0.25) is 5.91 Å². The highest BCUT2D eigenvalue weighted by atomic mass is 32.2. The number of nitrogens with zero attached hydrogens (tertiary/aromatic N) is 2. The predicted octanol–water partition coefficient (Wildman–Crippen LogP) is 2.92. The number of hydrogen-bond acceptors (Lipinski definition) is 5. The van der Waals surface area contributed by atoms with Crippen LogP contribution in [0.3, 0.4) is 0 Å². The Bertz CT molecular complexity index is 968. The van der Waals surface area contributed by atoms with E-state index in [1.807, 2.05) is 61.5 Å². The molecule has 0 spiro atoms. The minimum absolute atomic E-state index is 0.00472. The molecule has 0 bridgehead atoms. The first-order valence-electron chi connectivity index (χ1n) is 10.5. The zero-order valence-corrected chi connectivity index (χ0v) is 18.5. The molecule has 4 rings (SSSR count). The van der Waals surface area contributed by atoms with Gasteiger partial charge in [0.05, 0.1) is 23.8 Å². The number of benzene rings is 2. The van der Waals surface area contributed by atoms with E-state index >= 15 is 0 Å². The van der Waals surface area contributed by atoms with Crippen LogP contribution in [-0.4, -0.2) is 62.7 Å². The highest BCUT2D eigenvalue weighted by Gasteiger charge is 2.30. The minimum atomic E-state index is -0.155. The normalized spacial score (nSPS) is 18.2. The average molecular weight is 438 g/mol. The first-order valence-corrected chi connectivity index (χ1v) is 11.4. The molecule has 162 valence electrons. The summed E-state index contributed by atoms with van der Waals surface area (Å²) in [6.45, 7) is 6.63. The van der Waals surface area contributed by atoms with Crippen molar-refractivity contribution in [2.45, 2.75) is 11.8 Å². The molecule has 2 aromatic rings. The Kier molecular flexibility index (Phi) is 7.06. The lowest BCUT2D eigenvalue weighted by Crippen LogP contribution is -2.45. The smallest absolute Gasteiger partial charge is 0.265 e. The highest BCUT2D eigenvalue weighted by molar-refractivity contribution is 8.04. The molecule has 2 aromatic carbocycles. The maximum Gasteiger partial charge on any atom is 0.265 e. The summed E-state index contributed by atoms with van der Waals surface area (Å²) in [5.41, 5.74) is 2.92.